The summed E-state index contributed by atoms with van der Waals surface area (Å²) < 4.78 is 0. The van der Waals surface area contributed by atoms with E-state index >= 15 is 0 Å². The maximum atomic E-state index is 4.35. The van der Waals surface area contributed by atoms with Gasteiger partial charge in [0.05, 0.1) is 11.4 Å². The Morgan fingerprint density at radius 1 is 1.25 bits per heavy atom. The predicted molar refractivity (Wildman–Crippen MR) is 70.0 cm³/mol. The van der Waals surface area contributed by atoms with Crippen LogP contribution in [0.15, 0.2) is 0 Å². The molecule has 0 saturated carbocycles. The van der Waals surface area contributed by atoms with E-state index in [1.54, 1.807) is 0 Å². The van der Waals surface area contributed by atoms with Gasteiger partial charge in [0.25, 0.3) is 0 Å². The number of aryl methyl sites for hydroxylation is 2. The van der Waals surface area contributed by atoms with Crippen molar-refractivity contribution in [3.63, 3.8) is 0 Å². The molecule has 5 heteroatoms. The third kappa shape index (κ3) is 4.35. The van der Waals surface area contributed by atoms with E-state index in [9.17, 15) is 0 Å². The highest BCUT2D eigenvalue weighted by Crippen LogP contribution is 2.08. The fourth-order valence-corrected chi connectivity index (χ4v) is 2.02. The van der Waals surface area contributed by atoms with E-state index in [1.165, 1.54) is 11.5 Å². The van der Waals surface area contributed by atoms with E-state index in [2.05, 4.69) is 34.3 Å². The summed E-state index contributed by atoms with van der Waals surface area (Å²) in [6.45, 7) is 8.20. The average molecular weight is 240 g/mol. The Hall–Kier alpha value is -0.840. The fourth-order valence-electron chi connectivity index (χ4n) is 1.21. The van der Waals surface area contributed by atoms with Crippen molar-refractivity contribution < 1.29 is 0 Å². The Kier molecular flexibility index (Phi) is 5.52. The number of nitrogens with one attached hydrogen (secondary N) is 1. The Morgan fingerprint density at radius 3 is 2.62 bits per heavy atom. The Balaban J connectivity index is 2.43. The Morgan fingerprint density at radius 2 is 2.00 bits per heavy atom. The molecular formula is C11H20N4S. The van der Waals surface area contributed by atoms with Crippen molar-refractivity contribution in [3.05, 3.63) is 11.4 Å². The van der Waals surface area contributed by atoms with Crippen LogP contribution in [-0.4, -0.2) is 32.7 Å². The topological polar surface area (TPSA) is 50.7 Å². The number of aromatic nitrogens is 3. The summed E-state index contributed by atoms with van der Waals surface area (Å²) in [5, 5.41) is 11.3. The van der Waals surface area contributed by atoms with Crippen LogP contribution in [-0.2, 0) is 0 Å². The zero-order valence-electron chi connectivity index (χ0n) is 10.4. The molecule has 16 heavy (non-hydrogen) atoms. The molecule has 0 bridgehead atoms. The van der Waals surface area contributed by atoms with Crippen LogP contribution in [0.4, 0.5) is 5.95 Å². The highest BCUT2D eigenvalue weighted by Gasteiger charge is 2.05. The fraction of sp³-hybridized carbons (Fsp3) is 0.727. The first-order chi connectivity index (χ1) is 7.63. The highest BCUT2D eigenvalue weighted by atomic mass is 32.2. The maximum Gasteiger partial charge on any atom is 0.243 e. The largest absolute Gasteiger partial charge is 0.350 e. The highest BCUT2D eigenvalue weighted by molar-refractivity contribution is 7.99. The number of rotatable bonds is 6. The first-order valence-electron chi connectivity index (χ1n) is 5.65. The Bertz CT molecular complexity index is 330. The molecular weight excluding hydrogens is 220 g/mol. The van der Waals surface area contributed by atoms with Crippen LogP contribution in [0.1, 0.15) is 31.7 Å². The van der Waals surface area contributed by atoms with Gasteiger partial charge in [0.1, 0.15) is 0 Å². The molecule has 1 aromatic heterocycles. The summed E-state index contributed by atoms with van der Waals surface area (Å²) in [5.41, 5.74) is 1.83. The lowest BCUT2D eigenvalue weighted by atomic mass is 10.3. The van der Waals surface area contributed by atoms with E-state index in [4.69, 9.17) is 0 Å². The van der Waals surface area contributed by atoms with Crippen LogP contribution in [0.5, 0.6) is 0 Å². The minimum atomic E-state index is 0.392. The molecule has 0 fully saturated rings. The second-order valence-electron chi connectivity index (χ2n) is 3.84. The molecule has 1 unspecified atom stereocenters. The lowest BCUT2D eigenvalue weighted by molar-refractivity contribution is 0.747. The van der Waals surface area contributed by atoms with Crippen LogP contribution in [0, 0.1) is 13.8 Å². The van der Waals surface area contributed by atoms with Gasteiger partial charge in [0.15, 0.2) is 0 Å². The van der Waals surface area contributed by atoms with E-state index in [-0.39, 0.29) is 0 Å². The molecule has 1 N–H and O–H groups in total. The lowest BCUT2D eigenvalue weighted by Gasteiger charge is -2.13. The molecule has 1 heterocycles. The molecule has 1 atom stereocenters. The average Bonchev–Trinajstić information content (AvgIpc) is 2.24. The summed E-state index contributed by atoms with van der Waals surface area (Å²) in [4.78, 5) is 4.35. The van der Waals surface area contributed by atoms with Gasteiger partial charge in [0, 0.05) is 6.04 Å². The summed E-state index contributed by atoms with van der Waals surface area (Å²) in [5.74, 6) is 2.98. The van der Waals surface area contributed by atoms with Gasteiger partial charge >= 0.3 is 0 Å². The molecule has 0 aromatic carbocycles. The normalized spacial score (nSPS) is 12.5. The Labute approximate surface area is 102 Å². The second-order valence-corrected chi connectivity index (χ2v) is 5.23. The molecule has 0 aliphatic heterocycles. The van der Waals surface area contributed by atoms with Crippen molar-refractivity contribution in [2.75, 3.05) is 16.8 Å². The standard InChI is InChI=1S/C11H20N4S/c1-5-16-7-6-8(2)12-11-13-9(3)10(4)14-15-11/h8H,5-7H2,1-4H3,(H,12,13,15). The van der Waals surface area contributed by atoms with Crippen LogP contribution >= 0.6 is 11.8 Å². The number of anilines is 1. The summed E-state index contributed by atoms with van der Waals surface area (Å²) in [7, 11) is 0. The summed E-state index contributed by atoms with van der Waals surface area (Å²) in [6.07, 6.45) is 1.12. The third-order valence-corrected chi connectivity index (χ3v) is 3.30. The summed E-state index contributed by atoms with van der Waals surface area (Å²) in [6, 6.07) is 0.392. The number of nitrogens with zero attached hydrogens (tertiary/aromatic N) is 3. The zero-order valence-corrected chi connectivity index (χ0v) is 11.3. The van der Waals surface area contributed by atoms with Gasteiger partial charge in [0.2, 0.25) is 5.95 Å². The van der Waals surface area contributed by atoms with Gasteiger partial charge in [-0.2, -0.15) is 16.9 Å². The molecule has 0 amide bonds. The molecule has 0 saturated heterocycles. The van der Waals surface area contributed by atoms with E-state index in [0.717, 1.165) is 17.8 Å². The van der Waals surface area contributed by atoms with Crippen molar-refractivity contribution in [1.82, 2.24) is 15.2 Å². The van der Waals surface area contributed by atoms with Gasteiger partial charge in [-0.05, 0) is 38.7 Å². The van der Waals surface area contributed by atoms with Gasteiger partial charge < -0.3 is 5.32 Å². The molecule has 1 aromatic rings. The van der Waals surface area contributed by atoms with E-state index in [0.29, 0.717) is 12.0 Å². The van der Waals surface area contributed by atoms with Gasteiger partial charge in [-0.25, -0.2) is 4.98 Å². The van der Waals surface area contributed by atoms with Crippen molar-refractivity contribution in [1.29, 1.82) is 0 Å². The summed E-state index contributed by atoms with van der Waals surface area (Å²) >= 11 is 1.96. The van der Waals surface area contributed by atoms with Gasteiger partial charge in [-0.1, -0.05) is 6.92 Å². The minimum Gasteiger partial charge on any atom is -0.350 e. The number of thioether (sulfide) groups is 1. The van der Waals surface area contributed by atoms with Crippen molar-refractivity contribution >= 4 is 17.7 Å². The van der Waals surface area contributed by atoms with Crippen LogP contribution in [0.3, 0.4) is 0 Å². The quantitative estimate of drug-likeness (QED) is 0.774. The van der Waals surface area contributed by atoms with Crippen molar-refractivity contribution in [3.8, 4) is 0 Å². The monoisotopic (exact) mass is 240 g/mol. The van der Waals surface area contributed by atoms with Crippen LogP contribution in [0.2, 0.25) is 0 Å². The first-order valence-corrected chi connectivity index (χ1v) is 6.81. The van der Waals surface area contributed by atoms with E-state index < -0.39 is 0 Å². The molecule has 0 spiro atoms. The first kappa shape index (κ1) is 13.2. The third-order valence-electron chi connectivity index (χ3n) is 2.37. The zero-order chi connectivity index (χ0) is 12.0. The minimum absolute atomic E-state index is 0.392. The molecule has 4 nitrogen and oxygen atoms in total. The van der Waals surface area contributed by atoms with Gasteiger partial charge in [-0.3, -0.25) is 0 Å². The number of hydrogen-bond donors (Lipinski definition) is 1. The number of hydrogen-bond acceptors (Lipinski definition) is 5. The van der Waals surface area contributed by atoms with E-state index in [1.807, 2.05) is 25.6 Å². The van der Waals surface area contributed by atoms with Crippen LogP contribution < -0.4 is 5.32 Å². The lowest BCUT2D eigenvalue weighted by Crippen LogP contribution is -2.18. The maximum absolute atomic E-state index is 4.35. The van der Waals surface area contributed by atoms with Crippen molar-refractivity contribution in [2.45, 2.75) is 40.2 Å². The molecule has 0 aliphatic rings. The molecule has 0 aliphatic carbocycles. The van der Waals surface area contributed by atoms with Gasteiger partial charge in [-0.15, -0.1) is 5.10 Å². The molecule has 0 radical (unpaired) electrons. The second kappa shape index (κ2) is 6.68. The van der Waals surface area contributed by atoms with Crippen LogP contribution in [0.25, 0.3) is 0 Å². The smallest absolute Gasteiger partial charge is 0.243 e. The van der Waals surface area contributed by atoms with Crippen molar-refractivity contribution in [2.24, 2.45) is 0 Å². The SMILES string of the molecule is CCSCCC(C)Nc1nnc(C)c(C)n1. The predicted octanol–water partition coefficient (Wildman–Crippen LogP) is 2.43. The molecule has 90 valence electrons. The molecule has 1 rings (SSSR count).